The first-order valence-corrected chi connectivity index (χ1v) is 13.7. The topological polar surface area (TPSA) is 262 Å². The van der Waals surface area contributed by atoms with Crippen molar-refractivity contribution in [3.05, 3.63) is 53.6 Å². The number of aromatic hydroxyl groups is 4. The maximum absolute atomic E-state index is 12.8. The first kappa shape index (κ1) is 34.0. The van der Waals surface area contributed by atoms with Gasteiger partial charge in [-0.2, -0.15) is 0 Å². The van der Waals surface area contributed by atoms with Crippen molar-refractivity contribution in [2.45, 2.75) is 68.3 Å². The molecule has 2 aromatic carbocycles. The second kappa shape index (κ2) is 14.5. The number of ketones is 1. The van der Waals surface area contributed by atoms with Crippen LogP contribution in [0.4, 0.5) is 0 Å². The van der Waals surface area contributed by atoms with Crippen LogP contribution in [-0.2, 0) is 28.5 Å². The van der Waals surface area contributed by atoms with E-state index in [2.05, 4.69) is 0 Å². The van der Waals surface area contributed by atoms with E-state index in [0.717, 1.165) is 18.2 Å². The summed E-state index contributed by atoms with van der Waals surface area (Å²) in [6.07, 6.45) is -13.9. The summed E-state index contributed by atoms with van der Waals surface area (Å²) < 4.78 is 27.7. The average Bonchev–Trinajstić information content (AvgIpc) is 3.01. The van der Waals surface area contributed by atoms with Gasteiger partial charge in [0.1, 0.15) is 43.2 Å². The normalized spacial score (nSPS) is 32.0. The van der Waals surface area contributed by atoms with Crippen LogP contribution in [0.3, 0.4) is 0 Å². The smallest absolute Gasteiger partial charge is 0.331 e. The van der Waals surface area contributed by atoms with Gasteiger partial charge in [0.25, 0.3) is 0 Å². The van der Waals surface area contributed by atoms with Gasteiger partial charge in [0.15, 0.2) is 47.5 Å². The molecule has 2 saturated heterocycles. The van der Waals surface area contributed by atoms with E-state index in [-0.39, 0.29) is 11.3 Å². The minimum Gasteiger partial charge on any atom is -0.504 e. The molecule has 2 aliphatic rings. The Morgan fingerprint density at radius 2 is 1.47 bits per heavy atom. The van der Waals surface area contributed by atoms with Gasteiger partial charge in [-0.3, -0.25) is 4.79 Å². The van der Waals surface area contributed by atoms with Crippen LogP contribution in [0.15, 0.2) is 42.5 Å². The van der Waals surface area contributed by atoms with E-state index < -0.39 is 104 Å². The summed E-state index contributed by atoms with van der Waals surface area (Å²) in [5.74, 6) is -3.58. The molecule has 0 saturated carbocycles. The van der Waals surface area contributed by atoms with Crippen molar-refractivity contribution in [3.63, 3.8) is 0 Å². The van der Waals surface area contributed by atoms with E-state index in [9.17, 15) is 55.5 Å². The number of carbonyl (C=O) groups excluding carboxylic acids is 2. The number of hydrogen-bond donors (Lipinski definition) is 9. The molecular weight excluding hydrogens is 604 g/mol. The lowest BCUT2D eigenvalue weighted by atomic mass is 9.97. The summed E-state index contributed by atoms with van der Waals surface area (Å²) >= 11 is 0. The molecule has 0 unspecified atom stereocenters. The molecule has 0 bridgehead atoms. The number of rotatable bonds is 10. The number of phenolic OH excluding ortho intramolecular Hbond substituents is 4. The van der Waals surface area contributed by atoms with Gasteiger partial charge in [0.2, 0.25) is 0 Å². The van der Waals surface area contributed by atoms with Crippen LogP contribution in [0, 0.1) is 0 Å². The standard InChI is InChI=1S/C29H34O16/c1-12-22(37)23(38)24(39)29(42-12)45-27-25(40)28(41-11-19(35)14-4-6-16(32)18(34)9-14)43-20(10-30)26(27)44-21(36)7-3-13-2-5-15(31)17(33)8-13/h2-9,12,20,22-34,37-40H,10-11H2,1H3/b7-3+/t12-,20+,22-,23+,24+,25+,26+,27+,28+,29-/m0/s1. The highest BCUT2D eigenvalue weighted by Crippen LogP contribution is 2.32. The molecule has 0 aliphatic carbocycles. The van der Waals surface area contributed by atoms with E-state index in [1.807, 2.05) is 0 Å². The third-order valence-electron chi connectivity index (χ3n) is 7.23. The Kier molecular flexibility index (Phi) is 11.0. The molecule has 16 nitrogen and oxygen atoms in total. The maximum Gasteiger partial charge on any atom is 0.331 e. The summed E-state index contributed by atoms with van der Waals surface area (Å²) in [6, 6.07) is 7.04. The fraction of sp³-hybridized carbons (Fsp3) is 0.448. The number of ether oxygens (including phenoxy) is 5. The molecule has 0 radical (unpaired) electrons. The Balaban J connectivity index is 1.55. The van der Waals surface area contributed by atoms with Crippen LogP contribution >= 0.6 is 0 Å². The quantitative estimate of drug-likeness (QED) is 0.0629. The van der Waals surface area contributed by atoms with Gasteiger partial charge in [-0.15, -0.1) is 0 Å². The van der Waals surface area contributed by atoms with E-state index in [1.54, 1.807) is 0 Å². The zero-order valence-corrected chi connectivity index (χ0v) is 23.7. The Morgan fingerprint density at radius 1 is 0.800 bits per heavy atom. The van der Waals surface area contributed by atoms with Gasteiger partial charge in [-0.05, 0) is 48.9 Å². The molecule has 0 amide bonds. The highest BCUT2D eigenvalue weighted by molar-refractivity contribution is 5.97. The summed E-state index contributed by atoms with van der Waals surface area (Å²) in [6.45, 7) is -0.172. The molecule has 4 rings (SSSR count). The number of phenols is 4. The summed E-state index contributed by atoms with van der Waals surface area (Å²) in [4.78, 5) is 25.4. The van der Waals surface area contributed by atoms with Crippen molar-refractivity contribution in [3.8, 4) is 23.0 Å². The Morgan fingerprint density at radius 3 is 2.11 bits per heavy atom. The monoisotopic (exact) mass is 638 g/mol. The largest absolute Gasteiger partial charge is 0.504 e. The van der Waals surface area contributed by atoms with Crippen molar-refractivity contribution in [2.75, 3.05) is 13.2 Å². The highest BCUT2D eigenvalue weighted by Gasteiger charge is 2.52. The fourth-order valence-electron chi connectivity index (χ4n) is 4.68. The minimum absolute atomic E-state index is 0.0529. The first-order chi connectivity index (χ1) is 21.3. The summed E-state index contributed by atoms with van der Waals surface area (Å²) in [5.41, 5.74) is 0.247. The maximum atomic E-state index is 12.8. The van der Waals surface area contributed by atoms with Gasteiger partial charge >= 0.3 is 5.97 Å². The zero-order chi connectivity index (χ0) is 33.0. The lowest BCUT2D eigenvalue weighted by Gasteiger charge is -2.46. The molecule has 10 atom stereocenters. The number of Topliss-reactive ketones (excluding diaryl/α,β-unsaturated/α-hetero) is 1. The molecule has 9 N–H and O–H groups in total. The van der Waals surface area contributed by atoms with Crippen molar-refractivity contribution in [2.24, 2.45) is 0 Å². The summed E-state index contributed by atoms with van der Waals surface area (Å²) in [5, 5.41) is 90.4. The summed E-state index contributed by atoms with van der Waals surface area (Å²) in [7, 11) is 0. The van der Waals surface area contributed by atoms with Crippen LogP contribution in [0.1, 0.15) is 22.8 Å². The molecule has 0 aromatic heterocycles. The number of benzene rings is 2. The van der Waals surface area contributed by atoms with Crippen molar-refractivity contribution in [1.29, 1.82) is 0 Å². The molecule has 2 heterocycles. The van der Waals surface area contributed by atoms with Crippen LogP contribution in [0.5, 0.6) is 23.0 Å². The number of esters is 1. The third-order valence-corrected chi connectivity index (χ3v) is 7.23. The Labute approximate surface area is 255 Å². The second-order valence-electron chi connectivity index (χ2n) is 10.4. The van der Waals surface area contributed by atoms with Crippen LogP contribution in [-0.4, -0.2) is 132 Å². The van der Waals surface area contributed by atoms with Crippen LogP contribution in [0.2, 0.25) is 0 Å². The number of aliphatic hydroxyl groups is 5. The van der Waals surface area contributed by atoms with Crippen molar-refractivity contribution >= 4 is 17.8 Å². The molecule has 2 fully saturated rings. The molecule has 246 valence electrons. The predicted octanol–water partition coefficient (Wildman–Crippen LogP) is -1.38. The molecule has 2 aliphatic heterocycles. The number of carbonyl (C=O) groups is 2. The third kappa shape index (κ3) is 7.88. The molecular formula is C29H34O16. The molecule has 2 aromatic rings. The Hall–Kier alpha value is -3.84. The Bertz CT molecular complexity index is 1380. The van der Waals surface area contributed by atoms with E-state index in [4.69, 9.17) is 23.7 Å². The van der Waals surface area contributed by atoms with E-state index in [0.29, 0.717) is 5.56 Å². The average molecular weight is 639 g/mol. The molecule has 0 spiro atoms. The predicted molar refractivity (Wildman–Crippen MR) is 148 cm³/mol. The lowest BCUT2D eigenvalue weighted by Crippen LogP contribution is -2.65. The van der Waals surface area contributed by atoms with Gasteiger partial charge in [-0.1, -0.05) is 6.07 Å². The van der Waals surface area contributed by atoms with Gasteiger partial charge in [-0.25, -0.2) is 4.79 Å². The zero-order valence-electron chi connectivity index (χ0n) is 23.7. The van der Waals surface area contributed by atoms with Crippen molar-refractivity contribution in [1.82, 2.24) is 0 Å². The molecule has 45 heavy (non-hydrogen) atoms. The van der Waals surface area contributed by atoms with Gasteiger partial charge in [0, 0.05) is 11.6 Å². The lowest BCUT2D eigenvalue weighted by molar-refractivity contribution is -0.356. The SMILES string of the molecule is C[C@@H]1O[C@@H](O[C@@H]2[C@@H](O)[C@H](OCC(=O)c3ccc(O)c(O)c3)O[C@H](CO)[C@H]2OC(=O)/C=C/c2ccc(O)c(O)c2)[C@H](O)[C@H](O)[C@H]1O. The van der Waals surface area contributed by atoms with Crippen LogP contribution in [0.25, 0.3) is 6.08 Å². The number of aliphatic hydroxyl groups excluding tert-OH is 5. The van der Waals surface area contributed by atoms with Crippen LogP contribution < -0.4 is 0 Å². The fourth-order valence-corrected chi connectivity index (χ4v) is 4.68. The molecule has 16 heteroatoms. The van der Waals surface area contributed by atoms with E-state index >= 15 is 0 Å². The van der Waals surface area contributed by atoms with Gasteiger partial charge in [0.05, 0.1) is 12.7 Å². The van der Waals surface area contributed by atoms with Gasteiger partial charge < -0.3 is 69.6 Å². The van der Waals surface area contributed by atoms with Crippen molar-refractivity contribution < 1.29 is 79.2 Å². The van der Waals surface area contributed by atoms with E-state index in [1.165, 1.54) is 37.3 Å². The highest BCUT2D eigenvalue weighted by atomic mass is 16.7. The first-order valence-electron chi connectivity index (χ1n) is 13.7. The second-order valence-corrected chi connectivity index (χ2v) is 10.4. The number of hydrogen-bond acceptors (Lipinski definition) is 16. The minimum atomic E-state index is -1.88.